The van der Waals surface area contributed by atoms with Gasteiger partial charge >= 0.3 is 19.8 Å². The Labute approximate surface area is 368 Å². The Kier molecular flexibility index (Phi) is 44.7. The minimum Gasteiger partial charge on any atom is -0.462 e. The van der Waals surface area contributed by atoms with Crippen LogP contribution in [0.3, 0.4) is 0 Å². The maximum absolute atomic E-state index is 12.6. The number of allylic oxidation sites excluding steroid dienone is 2. The molecule has 0 saturated heterocycles. The minimum absolute atomic E-state index is 0.179. The largest absolute Gasteiger partial charge is 0.472 e. The van der Waals surface area contributed by atoms with Crippen LogP contribution in [0.2, 0.25) is 0 Å². The number of unbranched alkanes of at least 4 members (excludes halogenated alkanes) is 32. The van der Waals surface area contributed by atoms with Crippen LogP contribution in [0, 0.1) is 0 Å². The Hall–Kier alpha value is -1.29. The Morgan fingerprint density at radius 3 is 1.20 bits per heavy atom. The predicted molar refractivity (Wildman–Crippen MR) is 247 cm³/mol. The third kappa shape index (κ3) is 44.8. The summed E-state index contributed by atoms with van der Waals surface area (Å²) in [5, 5.41) is 18.4. The van der Waals surface area contributed by atoms with Crippen LogP contribution >= 0.6 is 7.82 Å². The van der Waals surface area contributed by atoms with E-state index >= 15 is 0 Å². The number of hydrogen-bond acceptors (Lipinski definition) is 9. The molecule has 0 radical (unpaired) electrons. The molecule has 0 aromatic rings. The first kappa shape index (κ1) is 58.7. The molecule has 0 saturated carbocycles. The first-order chi connectivity index (χ1) is 29.2. The third-order valence-corrected chi connectivity index (χ3v) is 12.1. The van der Waals surface area contributed by atoms with E-state index in [0.717, 1.165) is 51.4 Å². The van der Waals surface area contributed by atoms with Crippen molar-refractivity contribution < 1.29 is 47.8 Å². The molecule has 60 heavy (non-hydrogen) atoms. The SMILES string of the molecule is CCCCCCCCC/C=C\CCCCCCCC(=O)OC(COC(=O)CCCCCCCCCCCCCCCCCCCCCCC)COP(=O)(O)OCC(O)CO. The van der Waals surface area contributed by atoms with Crippen molar-refractivity contribution in [3.8, 4) is 0 Å². The Morgan fingerprint density at radius 1 is 0.483 bits per heavy atom. The van der Waals surface area contributed by atoms with Crippen LogP contribution in [0.25, 0.3) is 0 Å². The van der Waals surface area contributed by atoms with Crippen LogP contribution in [-0.4, -0.2) is 65.7 Å². The monoisotopic (exact) mass is 875 g/mol. The maximum atomic E-state index is 12.6. The molecule has 0 aromatic heterocycles. The summed E-state index contributed by atoms with van der Waals surface area (Å²) in [5.74, 6) is -0.919. The molecule has 10 nitrogen and oxygen atoms in total. The van der Waals surface area contributed by atoms with Gasteiger partial charge in [0.2, 0.25) is 0 Å². The van der Waals surface area contributed by atoms with Crippen LogP contribution in [0.4, 0.5) is 0 Å². The lowest BCUT2D eigenvalue weighted by Gasteiger charge is -2.20. The second-order valence-electron chi connectivity index (χ2n) is 17.2. The van der Waals surface area contributed by atoms with Crippen molar-refractivity contribution in [3.63, 3.8) is 0 Å². The van der Waals surface area contributed by atoms with Gasteiger partial charge in [-0.2, -0.15) is 0 Å². The Bertz CT molecular complexity index is 1010. The van der Waals surface area contributed by atoms with Gasteiger partial charge in [-0.1, -0.05) is 212 Å². The Balaban J connectivity index is 4.15. The van der Waals surface area contributed by atoms with Crippen LogP contribution in [0.5, 0.6) is 0 Å². The molecule has 11 heteroatoms. The van der Waals surface area contributed by atoms with Gasteiger partial charge in [-0.25, -0.2) is 4.57 Å². The van der Waals surface area contributed by atoms with Crippen LogP contribution in [0.15, 0.2) is 12.2 Å². The zero-order valence-corrected chi connectivity index (χ0v) is 39.8. The summed E-state index contributed by atoms with van der Waals surface area (Å²) in [7, 11) is -4.62. The number of esters is 2. The van der Waals surface area contributed by atoms with E-state index < -0.39 is 51.8 Å². The molecule has 0 aliphatic carbocycles. The number of aliphatic hydroxyl groups excluding tert-OH is 2. The second kappa shape index (κ2) is 45.7. The van der Waals surface area contributed by atoms with E-state index in [2.05, 4.69) is 26.0 Å². The number of rotatable bonds is 48. The van der Waals surface area contributed by atoms with E-state index in [1.54, 1.807) is 0 Å². The lowest BCUT2D eigenvalue weighted by Crippen LogP contribution is -2.29. The second-order valence-corrected chi connectivity index (χ2v) is 18.7. The number of phosphoric ester groups is 1. The molecule has 0 bridgehead atoms. The van der Waals surface area contributed by atoms with Gasteiger partial charge in [0.05, 0.1) is 19.8 Å². The maximum Gasteiger partial charge on any atom is 0.472 e. The van der Waals surface area contributed by atoms with Crippen LogP contribution in [0.1, 0.15) is 251 Å². The number of ether oxygens (including phenoxy) is 2. The van der Waals surface area contributed by atoms with Crippen molar-refractivity contribution in [1.29, 1.82) is 0 Å². The molecule has 3 atom stereocenters. The van der Waals surface area contributed by atoms with E-state index in [1.165, 1.54) is 161 Å². The average Bonchev–Trinajstić information content (AvgIpc) is 3.24. The quantitative estimate of drug-likeness (QED) is 0.0233. The van der Waals surface area contributed by atoms with E-state index in [9.17, 15) is 24.2 Å². The summed E-state index contributed by atoms with van der Waals surface area (Å²) in [6.07, 6.45) is 46.1. The highest BCUT2D eigenvalue weighted by atomic mass is 31.2. The normalized spacial score (nSPS) is 13.8. The molecule has 0 aliphatic rings. The van der Waals surface area contributed by atoms with Gasteiger partial charge in [0.15, 0.2) is 6.10 Å². The summed E-state index contributed by atoms with van der Waals surface area (Å²) < 4.78 is 32.8. The fourth-order valence-electron chi connectivity index (χ4n) is 7.28. The molecule has 0 aromatic carbocycles. The van der Waals surface area contributed by atoms with Gasteiger partial charge in [-0.15, -0.1) is 0 Å². The van der Waals surface area contributed by atoms with Crippen LogP contribution < -0.4 is 0 Å². The van der Waals surface area contributed by atoms with E-state index in [4.69, 9.17) is 23.6 Å². The van der Waals surface area contributed by atoms with E-state index in [1.807, 2.05) is 0 Å². The van der Waals surface area contributed by atoms with Gasteiger partial charge in [0.1, 0.15) is 12.7 Å². The fraction of sp³-hybridized carbons (Fsp3) is 0.918. The fourth-order valence-corrected chi connectivity index (χ4v) is 8.07. The predicted octanol–water partition coefficient (Wildman–Crippen LogP) is 14.0. The summed E-state index contributed by atoms with van der Waals surface area (Å²) in [5.41, 5.74) is 0. The standard InChI is InChI=1S/C49H95O10P/c1-3-5-7-9-11-13-15-17-19-21-22-23-24-25-27-28-30-32-34-36-38-40-48(52)56-44-47(45-58-60(54,55)57-43-46(51)42-50)59-49(53)41-39-37-35-33-31-29-26-20-18-16-14-12-10-8-6-4-2/h20,26,46-47,50-51H,3-19,21-25,27-45H2,1-2H3,(H,54,55)/b26-20-. The van der Waals surface area contributed by atoms with Crippen molar-refractivity contribution in [3.05, 3.63) is 12.2 Å². The van der Waals surface area contributed by atoms with Gasteiger partial charge in [-0.05, 0) is 38.5 Å². The van der Waals surface area contributed by atoms with Gasteiger partial charge in [0.25, 0.3) is 0 Å². The highest BCUT2D eigenvalue weighted by molar-refractivity contribution is 7.47. The van der Waals surface area contributed by atoms with Crippen molar-refractivity contribution in [2.45, 2.75) is 264 Å². The van der Waals surface area contributed by atoms with Gasteiger partial charge in [-0.3, -0.25) is 18.6 Å². The molecule has 0 fully saturated rings. The summed E-state index contributed by atoms with van der Waals surface area (Å²) in [6.45, 7) is 2.42. The first-order valence-electron chi connectivity index (χ1n) is 25.1. The summed E-state index contributed by atoms with van der Waals surface area (Å²) >= 11 is 0. The number of carbonyl (C=O) groups excluding carboxylic acids is 2. The summed E-state index contributed by atoms with van der Waals surface area (Å²) in [6, 6.07) is 0. The smallest absolute Gasteiger partial charge is 0.462 e. The molecule has 3 unspecified atom stereocenters. The lowest BCUT2D eigenvalue weighted by atomic mass is 10.0. The van der Waals surface area contributed by atoms with Crippen molar-refractivity contribution in [1.82, 2.24) is 0 Å². The molecular weight excluding hydrogens is 780 g/mol. The van der Waals surface area contributed by atoms with Gasteiger partial charge < -0.3 is 24.6 Å². The number of phosphoric acid groups is 1. The van der Waals surface area contributed by atoms with Crippen LogP contribution in [-0.2, 0) is 32.7 Å². The number of aliphatic hydroxyl groups is 2. The Morgan fingerprint density at radius 2 is 0.817 bits per heavy atom. The average molecular weight is 875 g/mol. The molecule has 0 heterocycles. The first-order valence-corrected chi connectivity index (χ1v) is 26.6. The van der Waals surface area contributed by atoms with E-state index in [0.29, 0.717) is 12.8 Å². The minimum atomic E-state index is -4.62. The zero-order chi connectivity index (χ0) is 44.0. The topological polar surface area (TPSA) is 149 Å². The summed E-state index contributed by atoms with van der Waals surface area (Å²) in [4.78, 5) is 35.1. The third-order valence-electron chi connectivity index (χ3n) is 11.2. The van der Waals surface area contributed by atoms with Crippen molar-refractivity contribution >= 4 is 19.8 Å². The molecule has 356 valence electrons. The molecule has 0 aliphatic heterocycles. The van der Waals surface area contributed by atoms with Crippen molar-refractivity contribution in [2.24, 2.45) is 0 Å². The molecular formula is C49H95O10P. The molecule has 0 amide bonds. The number of carbonyl (C=O) groups is 2. The highest BCUT2D eigenvalue weighted by Crippen LogP contribution is 2.43. The van der Waals surface area contributed by atoms with Crippen molar-refractivity contribution in [2.75, 3.05) is 26.4 Å². The molecule has 3 N–H and O–H groups in total. The van der Waals surface area contributed by atoms with E-state index in [-0.39, 0.29) is 19.4 Å². The van der Waals surface area contributed by atoms with Gasteiger partial charge in [0, 0.05) is 12.8 Å². The molecule has 0 spiro atoms. The zero-order valence-electron chi connectivity index (χ0n) is 38.9. The highest BCUT2D eigenvalue weighted by Gasteiger charge is 2.27. The lowest BCUT2D eigenvalue weighted by molar-refractivity contribution is -0.161. The molecule has 0 rings (SSSR count). The number of hydrogen-bond donors (Lipinski definition) is 3.